The fraction of sp³-hybridized carbons (Fsp3) is 0.667. The summed E-state index contributed by atoms with van der Waals surface area (Å²) in [6.07, 6.45) is -0.511. The van der Waals surface area contributed by atoms with Crippen molar-refractivity contribution in [3.63, 3.8) is 0 Å². The lowest BCUT2D eigenvalue weighted by Gasteiger charge is -2.28. The molecule has 2 rings (SSSR count). The molecule has 0 spiro atoms. The fourth-order valence-corrected chi connectivity index (χ4v) is 3.79. The Labute approximate surface area is 154 Å². The minimum atomic E-state index is -0.511. The summed E-state index contributed by atoms with van der Waals surface area (Å²) in [5.74, 6) is 3.57. The van der Waals surface area contributed by atoms with Crippen LogP contribution in [0.4, 0.5) is 0 Å². The van der Waals surface area contributed by atoms with Crippen LogP contribution in [0.25, 0.3) is 0 Å². The summed E-state index contributed by atoms with van der Waals surface area (Å²) in [7, 11) is 3.58. The number of thioether (sulfide) groups is 1. The van der Waals surface area contributed by atoms with Crippen LogP contribution in [0.1, 0.15) is 5.56 Å². The van der Waals surface area contributed by atoms with Crippen molar-refractivity contribution in [3.8, 4) is 11.5 Å². The molecule has 25 heavy (non-hydrogen) atoms. The second-order valence-electron chi connectivity index (χ2n) is 6.32. The number of likely N-dealkylation sites (N-methyl/N-ethyl adjacent to an activating group) is 1. The highest BCUT2D eigenvalue weighted by Gasteiger charge is 2.16. The molecule has 0 radical (unpaired) electrons. The first-order valence-electron chi connectivity index (χ1n) is 8.69. The lowest BCUT2D eigenvalue weighted by molar-refractivity contribution is 0.0704. The average molecular weight is 371 g/mol. The number of nitrogens with zero attached hydrogens (tertiary/aromatic N) is 2. The highest BCUT2D eigenvalue weighted by atomic mass is 32.2. The minimum Gasteiger partial charge on any atom is -0.493 e. The van der Waals surface area contributed by atoms with Gasteiger partial charge in [-0.1, -0.05) is 6.07 Å². The maximum Gasteiger partial charge on any atom is 0.161 e. The Hall–Kier alpha value is -0.990. The van der Waals surface area contributed by atoms with Crippen molar-refractivity contribution >= 4 is 11.8 Å². The zero-order valence-corrected chi connectivity index (χ0v) is 16.0. The van der Waals surface area contributed by atoms with Crippen molar-refractivity contribution in [2.24, 2.45) is 0 Å². The van der Waals surface area contributed by atoms with E-state index in [9.17, 15) is 5.11 Å². The van der Waals surface area contributed by atoms with Gasteiger partial charge in [0.2, 0.25) is 0 Å². The number of hydrogen-bond donors (Lipinski definition) is 2. The standard InChI is InChI=1S/C18H30N2O4S/c1-19(5-8-21)12-15-3-4-17(18(11-15)23-2)24-14-16(22)13-20-6-9-25-10-7-20/h3-4,11,16,21-22H,5-10,12-14H2,1-2H3. The first kappa shape index (κ1) is 20.3. The predicted octanol–water partition coefficient (Wildman–Crippen LogP) is 0.908. The molecule has 1 heterocycles. The van der Waals surface area contributed by atoms with Crippen molar-refractivity contribution in [3.05, 3.63) is 23.8 Å². The SMILES string of the molecule is COc1cc(CN(C)CCO)ccc1OCC(O)CN1CCSCC1. The van der Waals surface area contributed by atoms with E-state index in [0.717, 1.165) is 36.7 Å². The first-order chi connectivity index (χ1) is 12.1. The van der Waals surface area contributed by atoms with E-state index in [2.05, 4.69) is 4.90 Å². The molecule has 1 aromatic rings. The lowest BCUT2D eigenvalue weighted by Crippen LogP contribution is -2.40. The van der Waals surface area contributed by atoms with Crippen LogP contribution in [0.5, 0.6) is 11.5 Å². The molecule has 0 bridgehead atoms. The largest absolute Gasteiger partial charge is 0.493 e. The third kappa shape index (κ3) is 7.03. The molecule has 1 saturated heterocycles. The van der Waals surface area contributed by atoms with Crippen LogP contribution in [-0.4, -0.2) is 91.2 Å². The molecule has 1 fully saturated rings. The number of hydrogen-bond acceptors (Lipinski definition) is 7. The Morgan fingerprint density at radius 3 is 2.72 bits per heavy atom. The summed E-state index contributed by atoms with van der Waals surface area (Å²) in [6.45, 7) is 4.45. The van der Waals surface area contributed by atoms with Crippen molar-refractivity contribution in [2.75, 3.05) is 65.1 Å². The van der Waals surface area contributed by atoms with Crippen LogP contribution in [0.2, 0.25) is 0 Å². The van der Waals surface area contributed by atoms with Crippen LogP contribution in [0.3, 0.4) is 0 Å². The van der Waals surface area contributed by atoms with Gasteiger partial charge in [-0.05, 0) is 24.7 Å². The molecule has 1 aliphatic heterocycles. The van der Waals surface area contributed by atoms with E-state index in [4.69, 9.17) is 14.6 Å². The Morgan fingerprint density at radius 1 is 1.28 bits per heavy atom. The van der Waals surface area contributed by atoms with Gasteiger partial charge in [0.1, 0.15) is 12.7 Å². The van der Waals surface area contributed by atoms with Gasteiger partial charge in [0.05, 0.1) is 13.7 Å². The molecule has 1 aromatic carbocycles. The molecule has 142 valence electrons. The smallest absolute Gasteiger partial charge is 0.161 e. The van der Waals surface area contributed by atoms with E-state index in [0.29, 0.717) is 24.6 Å². The monoisotopic (exact) mass is 370 g/mol. The maximum absolute atomic E-state index is 10.2. The van der Waals surface area contributed by atoms with Crippen molar-refractivity contribution in [1.82, 2.24) is 9.80 Å². The van der Waals surface area contributed by atoms with Crippen molar-refractivity contribution < 1.29 is 19.7 Å². The average Bonchev–Trinajstić information content (AvgIpc) is 2.61. The van der Waals surface area contributed by atoms with Gasteiger partial charge in [-0.15, -0.1) is 0 Å². The second kappa shape index (κ2) is 10.9. The third-order valence-electron chi connectivity index (χ3n) is 4.17. The van der Waals surface area contributed by atoms with Crippen molar-refractivity contribution in [1.29, 1.82) is 0 Å². The summed E-state index contributed by atoms with van der Waals surface area (Å²) in [5, 5.41) is 19.2. The van der Waals surface area contributed by atoms with Gasteiger partial charge in [-0.3, -0.25) is 9.80 Å². The number of rotatable bonds is 10. The molecule has 6 nitrogen and oxygen atoms in total. The van der Waals surface area contributed by atoms with Crippen molar-refractivity contribution in [2.45, 2.75) is 12.6 Å². The predicted molar refractivity (Wildman–Crippen MR) is 102 cm³/mol. The molecule has 2 N–H and O–H groups in total. The summed E-state index contributed by atoms with van der Waals surface area (Å²) < 4.78 is 11.2. The molecule has 0 aliphatic carbocycles. The minimum absolute atomic E-state index is 0.141. The number of benzene rings is 1. The van der Waals surface area contributed by atoms with Gasteiger partial charge in [-0.25, -0.2) is 0 Å². The number of ether oxygens (including phenoxy) is 2. The lowest BCUT2D eigenvalue weighted by atomic mass is 10.2. The van der Waals surface area contributed by atoms with E-state index in [1.54, 1.807) is 7.11 Å². The van der Waals surface area contributed by atoms with Gasteiger partial charge in [0.15, 0.2) is 11.5 Å². The van der Waals surface area contributed by atoms with Crippen LogP contribution in [-0.2, 0) is 6.54 Å². The van der Waals surface area contributed by atoms with Gasteiger partial charge < -0.3 is 19.7 Å². The number of aliphatic hydroxyl groups is 2. The topological polar surface area (TPSA) is 65.4 Å². The molecule has 1 unspecified atom stereocenters. The van der Waals surface area contributed by atoms with E-state index in [1.165, 1.54) is 0 Å². The summed E-state index contributed by atoms with van der Waals surface area (Å²) in [4.78, 5) is 4.32. The van der Waals surface area contributed by atoms with E-state index in [1.807, 2.05) is 41.9 Å². The van der Waals surface area contributed by atoms with Crippen LogP contribution in [0, 0.1) is 0 Å². The summed E-state index contributed by atoms with van der Waals surface area (Å²) >= 11 is 1.96. The fourth-order valence-electron chi connectivity index (χ4n) is 2.81. The molecule has 0 amide bonds. The second-order valence-corrected chi connectivity index (χ2v) is 7.55. The molecule has 1 aliphatic rings. The van der Waals surface area contributed by atoms with E-state index >= 15 is 0 Å². The van der Waals surface area contributed by atoms with Gasteiger partial charge >= 0.3 is 0 Å². The van der Waals surface area contributed by atoms with Crippen LogP contribution in [0.15, 0.2) is 18.2 Å². The first-order valence-corrected chi connectivity index (χ1v) is 9.85. The van der Waals surface area contributed by atoms with Crippen LogP contribution >= 0.6 is 11.8 Å². The third-order valence-corrected chi connectivity index (χ3v) is 5.11. The summed E-state index contributed by atoms with van der Waals surface area (Å²) in [6, 6.07) is 5.81. The number of aliphatic hydroxyl groups excluding tert-OH is 2. The van der Waals surface area contributed by atoms with E-state index < -0.39 is 6.10 Å². The Bertz CT molecular complexity index is 512. The zero-order valence-electron chi connectivity index (χ0n) is 15.2. The van der Waals surface area contributed by atoms with Gasteiger partial charge in [0.25, 0.3) is 0 Å². The summed E-state index contributed by atoms with van der Waals surface area (Å²) in [5.41, 5.74) is 1.09. The highest BCUT2D eigenvalue weighted by molar-refractivity contribution is 7.99. The maximum atomic E-state index is 10.2. The number of methoxy groups -OCH3 is 1. The van der Waals surface area contributed by atoms with Gasteiger partial charge in [0, 0.05) is 44.2 Å². The quantitative estimate of drug-likeness (QED) is 0.635. The van der Waals surface area contributed by atoms with Gasteiger partial charge in [-0.2, -0.15) is 11.8 Å². The molecule has 7 heteroatoms. The molecule has 1 atom stereocenters. The zero-order chi connectivity index (χ0) is 18.1. The Kier molecular flexibility index (Phi) is 8.84. The Balaban J connectivity index is 1.85. The van der Waals surface area contributed by atoms with E-state index in [-0.39, 0.29) is 13.2 Å². The molecule has 0 saturated carbocycles. The molecule has 0 aromatic heterocycles. The molecular formula is C18H30N2O4S. The highest BCUT2D eigenvalue weighted by Crippen LogP contribution is 2.28. The number of β-amino-alcohol motifs (C(OH)–C–C–N with tert-alkyl or cyclic N) is 1. The normalized spacial score (nSPS) is 16.8. The molecular weight excluding hydrogens is 340 g/mol. The van der Waals surface area contributed by atoms with Crippen LogP contribution < -0.4 is 9.47 Å². The Morgan fingerprint density at radius 2 is 2.04 bits per heavy atom.